The van der Waals surface area contributed by atoms with Gasteiger partial charge in [-0.25, -0.2) is 12.7 Å². The van der Waals surface area contributed by atoms with E-state index < -0.39 is 10.0 Å². The van der Waals surface area contributed by atoms with Gasteiger partial charge in [-0.05, 0) is 12.3 Å². The smallest absolute Gasteiger partial charge is 0.215 e. The summed E-state index contributed by atoms with van der Waals surface area (Å²) in [4.78, 5) is 0. The highest BCUT2D eigenvalue weighted by atomic mass is 32.2. The third-order valence-electron chi connectivity index (χ3n) is 3.27. The maximum Gasteiger partial charge on any atom is 0.215 e. The predicted octanol–water partition coefficient (Wildman–Crippen LogP) is 0.785. The number of nitrogens with two attached hydrogens (primary N) is 1. The van der Waals surface area contributed by atoms with Crippen molar-refractivity contribution < 1.29 is 8.42 Å². The van der Waals surface area contributed by atoms with Crippen LogP contribution in [0.15, 0.2) is 0 Å². The van der Waals surface area contributed by atoms with Gasteiger partial charge in [0.25, 0.3) is 0 Å². The van der Waals surface area contributed by atoms with Crippen LogP contribution in [0.2, 0.25) is 0 Å². The molecule has 0 aromatic rings. The normalized spacial score (nSPS) is 20.3. The van der Waals surface area contributed by atoms with Gasteiger partial charge < -0.3 is 5.73 Å². The molecule has 1 unspecified atom stereocenters. The van der Waals surface area contributed by atoms with E-state index in [0.717, 1.165) is 19.3 Å². The van der Waals surface area contributed by atoms with Crippen LogP contribution in [0, 0.1) is 5.92 Å². The summed E-state index contributed by atoms with van der Waals surface area (Å²) in [5.74, 6) is 0.431. The third-order valence-corrected chi connectivity index (χ3v) is 5.22. The van der Waals surface area contributed by atoms with Crippen molar-refractivity contribution in [1.29, 1.82) is 0 Å². The van der Waals surface area contributed by atoms with Crippen molar-refractivity contribution >= 4 is 10.0 Å². The zero-order chi connectivity index (χ0) is 11.5. The van der Waals surface area contributed by atoms with E-state index in [1.165, 1.54) is 4.31 Å². The van der Waals surface area contributed by atoms with Gasteiger partial charge in [-0.15, -0.1) is 0 Å². The van der Waals surface area contributed by atoms with E-state index in [-0.39, 0.29) is 11.8 Å². The second-order valence-corrected chi connectivity index (χ2v) is 6.29. The van der Waals surface area contributed by atoms with E-state index in [1.54, 1.807) is 0 Å². The van der Waals surface area contributed by atoms with Crippen molar-refractivity contribution in [1.82, 2.24) is 4.31 Å². The first-order chi connectivity index (χ1) is 7.01. The van der Waals surface area contributed by atoms with Crippen molar-refractivity contribution in [2.75, 3.05) is 18.8 Å². The first-order valence-electron chi connectivity index (χ1n) is 5.74. The molecule has 1 aliphatic rings. The molecule has 1 heterocycles. The van der Waals surface area contributed by atoms with Gasteiger partial charge >= 0.3 is 0 Å². The molecule has 0 aromatic heterocycles. The summed E-state index contributed by atoms with van der Waals surface area (Å²) in [5.41, 5.74) is 5.94. The van der Waals surface area contributed by atoms with E-state index in [2.05, 4.69) is 13.8 Å². The molecule has 5 heteroatoms. The highest BCUT2D eigenvalue weighted by Gasteiger charge is 2.30. The van der Waals surface area contributed by atoms with Gasteiger partial charge in [0.05, 0.1) is 5.75 Å². The summed E-state index contributed by atoms with van der Waals surface area (Å²) < 4.78 is 25.1. The molecule has 0 bridgehead atoms. The average Bonchev–Trinajstić information content (AvgIpc) is 2.00. The SMILES string of the molecule is CCC(CC)C(N)CS(=O)(=O)N1CCC1. The van der Waals surface area contributed by atoms with E-state index in [0.29, 0.717) is 19.0 Å². The van der Waals surface area contributed by atoms with Crippen LogP contribution in [0.4, 0.5) is 0 Å². The lowest BCUT2D eigenvalue weighted by molar-refractivity contribution is 0.304. The van der Waals surface area contributed by atoms with Gasteiger partial charge in [0.15, 0.2) is 0 Å². The largest absolute Gasteiger partial charge is 0.326 e. The van der Waals surface area contributed by atoms with Gasteiger partial charge in [-0.2, -0.15) is 0 Å². The van der Waals surface area contributed by atoms with Gasteiger partial charge in [-0.3, -0.25) is 0 Å². The summed E-state index contributed by atoms with van der Waals surface area (Å²) in [6.07, 6.45) is 2.89. The van der Waals surface area contributed by atoms with Crippen molar-refractivity contribution in [3.05, 3.63) is 0 Å². The lowest BCUT2D eigenvalue weighted by Gasteiger charge is -2.32. The van der Waals surface area contributed by atoms with Crippen LogP contribution in [0.1, 0.15) is 33.1 Å². The topological polar surface area (TPSA) is 63.4 Å². The molecule has 0 radical (unpaired) electrons. The van der Waals surface area contributed by atoms with Crippen LogP contribution in [0.3, 0.4) is 0 Å². The first kappa shape index (κ1) is 12.9. The molecule has 4 nitrogen and oxygen atoms in total. The fraction of sp³-hybridized carbons (Fsp3) is 1.00. The van der Waals surface area contributed by atoms with Crippen LogP contribution in [-0.2, 0) is 10.0 Å². The maximum atomic E-state index is 11.8. The molecule has 1 rings (SSSR count). The van der Waals surface area contributed by atoms with Crippen molar-refractivity contribution in [2.24, 2.45) is 11.7 Å². The number of sulfonamides is 1. The lowest BCUT2D eigenvalue weighted by atomic mass is 9.96. The van der Waals surface area contributed by atoms with Gasteiger partial charge in [0.2, 0.25) is 10.0 Å². The molecule has 2 N–H and O–H groups in total. The molecule has 0 aliphatic carbocycles. The fourth-order valence-corrected chi connectivity index (χ4v) is 3.73. The van der Waals surface area contributed by atoms with Crippen molar-refractivity contribution in [3.63, 3.8) is 0 Å². The van der Waals surface area contributed by atoms with Gasteiger partial charge in [-0.1, -0.05) is 26.7 Å². The molecule has 0 spiro atoms. The average molecular weight is 234 g/mol. The predicted molar refractivity (Wildman–Crippen MR) is 62.0 cm³/mol. The Morgan fingerprint density at radius 1 is 1.27 bits per heavy atom. The molecule has 90 valence electrons. The molecule has 0 saturated carbocycles. The lowest BCUT2D eigenvalue weighted by Crippen LogP contribution is -2.48. The molecule has 1 atom stereocenters. The Hall–Kier alpha value is -0.130. The minimum Gasteiger partial charge on any atom is -0.326 e. The molecule has 1 fully saturated rings. The molecule has 1 aliphatic heterocycles. The molecule has 15 heavy (non-hydrogen) atoms. The zero-order valence-corrected chi connectivity index (χ0v) is 10.5. The fourth-order valence-electron chi connectivity index (χ4n) is 1.94. The monoisotopic (exact) mass is 234 g/mol. The summed E-state index contributed by atoms with van der Waals surface area (Å²) in [7, 11) is -3.08. The van der Waals surface area contributed by atoms with Gasteiger partial charge in [0, 0.05) is 19.1 Å². The summed E-state index contributed by atoms with van der Waals surface area (Å²) in [6, 6.07) is -0.217. The van der Waals surface area contributed by atoms with E-state index in [4.69, 9.17) is 5.73 Å². The Kier molecular flexibility index (Phi) is 4.55. The summed E-state index contributed by atoms with van der Waals surface area (Å²) in [5, 5.41) is 0. The first-order valence-corrected chi connectivity index (χ1v) is 7.35. The highest BCUT2D eigenvalue weighted by molar-refractivity contribution is 7.89. The molecular weight excluding hydrogens is 212 g/mol. The Balaban J connectivity index is 2.52. The Labute approximate surface area is 92.9 Å². The molecule has 1 saturated heterocycles. The van der Waals surface area contributed by atoms with Gasteiger partial charge in [0.1, 0.15) is 0 Å². The van der Waals surface area contributed by atoms with Crippen molar-refractivity contribution in [3.8, 4) is 0 Å². The van der Waals surface area contributed by atoms with Crippen LogP contribution >= 0.6 is 0 Å². The van der Waals surface area contributed by atoms with Crippen LogP contribution in [0.25, 0.3) is 0 Å². The number of rotatable bonds is 6. The maximum absolute atomic E-state index is 11.8. The Morgan fingerprint density at radius 3 is 2.13 bits per heavy atom. The number of hydrogen-bond acceptors (Lipinski definition) is 3. The molecular formula is C10H22N2O2S. The summed E-state index contributed by atoms with van der Waals surface area (Å²) >= 11 is 0. The number of hydrogen-bond donors (Lipinski definition) is 1. The molecule has 0 amide bonds. The standard InChI is InChI=1S/C10H22N2O2S/c1-3-9(4-2)10(11)8-15(13,14)12-6-5-7-12/h9-10H,3-8,11H2,1-2H3. The van der Waals surface area contributed by atoms with E-state index in [1.807, 2.05) is 0 Å². The van der Waals surface area contributed by atoms with Crippen molar-refractivity contribution in [2.45, 2.75) is 39.2 Å². The second-order valence-electron chi connectivity index (χ2n) is 4.27. The highest BCUT2D eigenvalue weighted by Crippen LogP contribution is 2.18. The van der Waals surface area contributed by atoms with E-state index in [9.17, 15) is 8.42 Å². The van der Waals surface area contributed by atoms with Crippen LogP contribution < -0.4 is 5.73 Å². The van der Waals surface area contributed by atoms with Crippen LogP contribution in [0.5, 0.6) is 0 Å². The zero-order valence-electron chi connectivity index (χ0n) is 9.65. The van der Waals surface area contributed by atoms with E-state index >= 15 is 0 Å². The number of nitrogens with zero attached hydrogens (tertiary/aromatic N) is 1. The Morgan fingerprint density at radius 2 is 1.80 bits per heavy atom. The third kappa shape index (κ3) is 3.16. The summed E-state index contributed by atoms with van der Waals surface area (Å²) in [6.45, 7) is 5.48. The minimum absolute atomic E-state index is 0.110. The van der Waals surface area contributed by atoms with Crippen LogP contribution in [-0.4, -0.2) is 37.6 Å². The second kappa shape index (κ2) is 5.27. The molecule has 0 aromatic carbocycles. The minimum atomic E-state index is -3.08. The Bertz CT molecular complexity index is 282. The quantitative estimate of drug-likeness (QED) is 0.739.